The zero-order chi connectivity index (χ0) is 12.4. The summed E-state index contributed by atoms with van der Waals surface area (Å²) in [5.74, 6) is 0. The molecule has 98 valence electrons. The number of hydrogen-bond acceptors (Lipinski definition) is 2. The molecule has 2 aliphatic heterocycles. The van der Waals surface area contributed by atoms with E-state index in [1.807, 2.05) is 0 Å². The van der Waals surface area contributed by atoms with Gasteiger partial charge in [-0.05, 0) is 25.5 Å². The van der Waals surface area contributed by atoms with Gasteiger partial charge >= 0.3 is 0 Å². The van der Waals surface area contributed by atoms with Gasteiger partial charge < -0.3 is 0 Å². The molecule has 1 aromatic carbocycles. The number of likely N-dealkylation sites (N-methyl/N-ethyl adjacent to an activating group) is 1. The van der Waals surface area contributed by atoms with Crippen LogP contribution in [0.5, 0.6) is 0 Å². The summed E-state index contributed by atoms with van der Waals surface area (Å²) in [4.78, 5) is 5.31. The predicted molar refractivity (Wildman–Crippen MR) is 75.5 cm³/mol. The second-order valence-electron chi connectivity index (χ2n) is 5.94. The number of fused-ring (bicyclic) bond motifs is 2. The molecule has 2 atom stereocenters. The normalized spacial score (nSPS) is 30.1. The van der Waals surface area contributed by atoms with Gasteiger partial charge in [-0.2, -0.15) is 0 Å². The summed E-state index contributed by atoms with van der Waals surface area (Å²) in [5.41, 5.74) is 1.46. The maximum Gasteiger partial charge on any atom is 0.0235 e. The minimum Gasteiger partial charge on any atom is -0.298 e. The first-order valence-corrected chi connectivity index (χ1v) is 7.31. The molecule has 0 amide bonds. The van der Waals surface area contributed by atoms with Crippen molar-refractivity contribution in [2.24, 2.45) is 0 Å². The van der Waals surface area contributed by atoms with Crippen molar-refractivity contribution in [2.45, 2.75) is 44.3 Å². The molecule has 0 saturated carbocycles. The molecule has 1 aromatic rings. The van der Waals surface area contributed by atoms with E-state index < -0.39 is 0 Å². The molecule has 18 heavy (non-hydrogen) atoms. The van der Waals surface area contributed by atoms with Crippen LogP contribution < -0.4 is 0 Å². The van der Waals surface area contributed by atoms with Gasteiger partial charge in [-0.15, -0.1) is 0 Å². The highest BCUT2D eigenvalue weighted by atomic mass is 15.3. The lowest BCUT2D eigenvalue weighted by atomic mass is 10.0. The summed E-state index contributed by atoms with van der Waals surface area (Å²) in [6.07, 6.45) is 5.62. The van der Waals surface area contributed by atoms with E-state index >= 15 is 0 Å². The Morgan fingerprint density at radius 2 is 1.61 bits per heavy atom. The molecule has 2 aliphatic rings. The molecule has 2 bridgehead atoms. The topological polar surface area (TPSA) is 6.48 Å². The van der Waals surface area contributed by atoms with Crippen LogP contribution in [0.4, 0.5) is 0 Å². The fraction of sp³-hybridized carbons (Fsp3) is 0.625. The van der Waals surface area contributed by atoms with E-state index in [1.165, 1.54) is 44.3 Å². The van der Waals surface area contributed by atoms with Gasteiger partial charge in [-0.25, -0.2) is 0 Å². The van der Waals surface area contributed by atoms with Crippen LogP contribution >= 0.6 is 0 Å². The van der Waals surface area contributed by atoms with Crippen LogP contribution in [0.2, 0.25) is 0 Å². The van der Waals surface area contributed by atoms with E-state index in [0.717, 1.165) is 18.6 Å². The van der Waals surface area contributed by atoms with E-state index in [0.29, 0.717) is 0 Å². The first-order chi connectivity index (χ1) is 8.83. The van der Waals surface area contributed by atoms with Crippen LogP contribution in [0, 0.1) is 0 Å². The molecule has 0 aromatic heterocycles. The van der Waals surface area contributed by atoms with Crippen LogP contribution in [-0.2, 0) is 6.54 Å². The summed E-state index contributed by atoms with van der Waals surface area (Å²) >= 11 is 0. The van der Waals surface area contributed by atoms with E-state index in [9.17, 15) is 0 Å². The Kier molecular flexibility index (Phi) is 3.67. The molecule has 2 nitrogen and oxygen atoms in total. The molecule has 0 spiro atoms. The third-order valence-electron chi connectivity index (χ3n) is 4.66. The molecule has 2 saturated heterocycles. The number of nitrogens with zero attached hydrogens (tertiary/aromatic N) is 2. The number of hydrogen-bond donors (Lipinski definition) is 0. The van der Waals surface area contributed by atoms with Gasteiger partial charge in [0.15, 0.2) is 0 Å². The van der Waals surface area contributed by atoms with Crippen molar-refractivity contribution in [3.05, 3.63) is 35.9 Å². The second kappa shape index (κ2) is 5.41. The smallest absolute Gasteiger partial charge is 0.0235 e. The summed E-state index contributed by atoms with van der Waals surface area (Å²) in [6.45, 7) is 3.63. The Hall–Kier alpha value is -0.860. The lowest BCUT2D eigenvalue weighted by Gasteiger charge is -2.44. The lowest BCUT2D eigenvalue weighted by molar-refractivity contribution is 0.0422. The van der Waals surface area contributed by atoms with Crippen LogP contribution in [-0.4, -0.2) is 42.0 Å². The largest absolute Gasteiger partial charge is 0.298 e. The van der Waals surface area contributed by atoms with Gasteiger partial charge in [0.1, 0.15) is 0 Å². The number of piperazine rings is 1. The summed E-state index contributed by atoms with van der Waals surface area (Å²) in [5, 5.41) is 0. The molecule has 2 unspecified atom stereocenters. The predicted octanol–water partition coefficient (Wildman–Crippen LogP) is 2.75. The fourth-order valence-electron chi connectivity index (χ4n) is 3.55. The van der Waals surface area contributed by atoms with Crippen molar-refractivity contribution in [1.82, 2.24) is 9.80 Å². The first kappa shape index (κ1) is 12.2. The molecule has 0 radical (unpaired) electrons. The molecular weight excluding hydrogens is 220 g/mol. The highest BCUT2D eigenvalue weighted by Crippen LogP contribution is 2.26. The Morgan fingerprint density at radius 3 is 2.22 bits per heavy atom. The minimum atomic E-state index is 0.787. The minimum absolute atomic E-state index is 0.787. The van der Waals surface area contributed by atoms with Crippen LogP contribution in [0.15, 0.2) is 30.3 Å². The van der Waals surface area contributed by atoms with Crippen LogP contribution in [0.1, 0.15) is 31.2 Å². The van der Waals surface area contributed by atoms with Crippen molar-refractivity contribution in [3.63, 3.8) is 0 Å². The summed E-state index contributed by atoms with van der Waals surface area (Å²) < 4.78 is 0. The van der Waals surface area contributed by atoms with E-state index in [2.05, 4.69) is 47.2 Å². The van der Waals surface area contributed by atoms with Crippen molar-refractivity contribution >= 4 is 0 Å². The molecule has 3 rings (SSSR count). The van der Waals surface area contributed by atoms with Gasteiger partial charge in [0.05, 0.1) is 0 Å². The average molecular weight is 244 g/mol. The van der Waals surface area contributed by atoms with Crippen molar-refractivity contribution < 1.29 is 0 Å². The van der Waals surface area contributed by atoms with Crippen molar-refractivity contribution in [3.8, 4) is 0 Å². The van der Waals surface area contributed by atoms with Crippen molar-refractivity contribution in [2.75, 3.05) is 20.1 Å². The Balaban J connectivity index is 1.68. The van der Waals surface area contributed by atoms with Gasteiger partial charge in [0.2, 0.25) is 0 Å². The van der Waals surface area contributed by atoms with E-state index in [-0.39, 0.29) is 0 Å². The quantitative estimate of drug-likeness (QED) is 0.789. The molecular formula is C16H24N2. The monoisotopic (exact) mass is 244 g/mol. The Morgan fingerprint density at radius 1 is 1.00 bits per heavy atom. The number of rotatable bonds is 2. The summed E-state index contributed by atoms with van der Waals surface area (Å²) in [6, 6.07) is 12.5. The maximum atomic E-state index is 2.66. The average Bonchev–Trinajstić information content (AvgIpc) is 2.50. The van der Waals surface area contributed by atoms with Gasteiger partial charge in [0.25, 0.3) is 0 Å². The highest BCUT2D eigenvalue weighted by Gasteiger charge is 2.33. The zero-order valence-electron chi connectivity index (χ0n) is 11.4. The molecule has 2 fully saturated rings. The molecule has 0 aliphatic carbocycles. The van der Waals surface area contributed by atoms with Crippen LogP contribution in [0.3, 0.4) is 0 Å². The van der Waals surface area contributed by atoms with Crippen LogP contribution in [0.25, 0.3) is 0 Å². The SMILES string of the molecule is CN1C2CCCCC1CN(Cc1ccccc1)C2. The number of benzene rings is 1. The highest BCUT2D eigenvalue weighted by molar-refractivity contribution is 5.14. The fourth-order valence-corrected chi connectivity index (χ4v) is 3.55. The third kappa shape index (κ3) is 2.60. The van der Waals surface area contributed by atoms with Gasteiger partial charge in [-0.1, -0.05) is 43.2 Å². The molecule has 2 heterocycles. The molecule has 2 heteroatoms. The maximum absolute atomic E-state index is 2.66. The zero-order valence-corrected chi connectivity index (χ0v) is 11.4. The van der Waals surface area contributed by atoms with E-state index in [4.69, 9.17) is 0 Å². The van der Waals surface area contributed by atoms with Gasteiger partial charge in [-0.3, -0.25) is 9.80 Å². The Bertz CT molecular complexity index is 360. The molecule has 0 N–H and O–H groups in total. The third-order valence-corrected chi connectivity index (χ3v) is 4.66. The van der Waals surface area contributed by atoms with E-state index in [1.54, 1.807) is 0 Å². The second-order valence-corrected chi connectivity index (χ2v) is 5.94. The van der Waals surface area contributed by atoms with Crippen molar-refractivity contribution in [1.29, 1.82) is 0 Å². The standard InChI is InChI=1S/C16H24N2/c1-17-15-9-5-6-10-16(17)13-18(12-15)11-14-7-3-2-4-8-14/h2-4,7-8,15-16H,5-6,9-13H2,1H3. The lowest BCUT2D eigenvalue weighted by Crippen LogP contribution is -2.55. The van der Waals surface area contributed by atoms with Gasteiger partial charge in [0, 0.05) is 31.7 Å². The summed E-state index contributed by atoms with van der Waals surface area (Å²) in [7, 11) is 2.33. The first-order valence-electron chi connectivity index (χ1n) is 7.31. The Labute approximate surface area is 111 Å².